The van der Waals surface area contributed by atoms with Crippen LogP contribution < -0.4 is 4.90 Å². The van der Waals surface area contributed by atoms with Crippen molar-refractivity contribution in [3.63, 3.8) is 0 Å². The highest BCUT2D eigenvalue weighted by Crippen LogP contribution is 2.42. The molecule has 49 heavy (non-hydrogen) atoms. The zero-order valence-corrected chi connectivity index (χ0v) is 26.7. The number of fused-ring (bicyclic) bond motifs is 7. The molecule has 0 radical (unpaired) electrons. The summed E-state index contributed by atoms with van der Waals surface area (Å²) in [6.07, 6.45) is 0. The maximum absolute atomic E-state index is 2.40. The highest BCUT2D eigenvalue weighted by molar-refractivity contribution is 6.12. The first kappa shape index (κ1) is 27.5. The summed E-state index contributed by atoms with van der Waals surface area (Å²) in [5, 5.41) is 7.45. The summed E-state index contributed by atoms with van der Waals surface area (Å²) in [4.78, 5) is 2.38. The van der Waals surface area contributed by atoms with Gasteiger partial charge in [-0.1, -0.05) is 109 Å². The van der Waals surface area contributed by atoms with E-state index >= 15 is 0 Å². The zero-order chi connectivity index (χ0) is 32.3. The number of hydrogen-bond donors (Lipinski definition) is 0. The van der Waals surface area contributed by atoms with Crippen LogP contribution >= 0.6 is 0 Å². The fraction of sp³-hybridized carbons (Fsp3) is 0. The minimum absolute atomic E-state index is 1.12. The van der Waals surface area contributed by atoms with Gasteiger partial charge in [0.15, 0.2) is 0 Å². The molecule has 8 aromatic carbocycles. The van der Waals surface area contributed by atoms with Crippen LogP contribution in [0.4, 0.5) is 17.1 Å². The molecule has 230 valence electrons. The highest BCUT2D eigenvalue weighted by Gasteiger charge is 2.19. The molecule has 10 aromatic rings. The van der Waals surface area contributed by atoms with Gasteiger partial charge in [0.05, 0.1) is 27.8 Å². The van der Waals surface area contributed by atoms with E-state index in [1.165, 1.54) is 54.4 Å². The van der Waals surface area contributed by atoms with Gasteiger partial charge in [-0.3, -0.25) is 0 Å². The van der Waals surface area contributed by atoms with Gasteiger partial charge in [-0.25, -0.2) is 0 Å². The lowest BCUT2D eigenvalue weighted by Crippen LogP contribution is -2.10. The van der Waals surface area contributed by atoms with E-state index in [2.05, 4.69) is 202 Å². The quantitative estimate of drug-likeness (QED) is 0.185. The molecular weight excluding hydrogens is 595 g/mol. The number of nitrogens with zero attached hydrogens (tertiary/aromatic N) is 3. The van der Waals surface area contributed by atoms with E-state index in [-0.39, 0.29) is 0 Å². The van der Waals surface area contributed by atoms with Gasteiger partial charge in [-0.05, 0) is 84.2 Å². The molecule has 0 saturated heterocycles. The van der Waals surface area contributed by atoms with Crippen molar-refractivity contribution in [2.75, 3.05) is 4.90 Å². The number of aromatic nitrogens is 2. The Kier molecular flexibility index (Phi) is 6.18. The van der Waals surface area contributed by atoms with Gasteiger partial charge in [0.1, 0.15) is 0 Å². The molecule has 0 N–H and O–H groups in total. The Hall–Kier alpha value is -6.58. The van der Waals surface area contributed by atoms with Gasteiger partial charge in [-0.15, -0.1) is 0 Å². The fourth-order valence-corrected chi connectivity index (χ4v) is 7.74. The summed E-state index contributed by atoms with van der Waals surface area (Å²) < 4.78 is 4.77. The zero-order valence-electron chi connectivity index (χ0n) is 26.7. The Morgan fingerprint density at radius 3 is 1.39 bits per heavy atom. The van der Waals surface area contributed by atoms with Crippen LogP contribution in [0, 0.1) is 0 Å². The van der Waals surface area contributed by atoms with Crippen molar-refractivity contribution in [2.24, 2.45) is 0 Å². The van der Waals surface area contributed by atoms with Crippen molar-refractivity contribution < 1.29 is 0 Å². The minimum atomic E-state index is 1.12. The largest absolute Gasteiger partial charge is 0.310 e. The molecule has 0 bridgehead atoms. The number of hydrogen-bond acceptors (Lipinski definition) is 1. The Bertz CT molecular complexity index is 2760. The first-order valence-corrected chi connectivity index (χ1v) is 16.8. The third-order valence-corrected chi connectivity index (χ3v) is 9.88. The summed E-state index contributed by atoms with van der Waals surface area (Å²) in [6, 6.07) is 67.9. The van der Waals surface area contributed by atoms with E-state index in [9.17, 15) is 0 Å². The molecule has 0 spiro atoms. The van der Waals surface area contributed by atoms with Gasteiger partial charge in [0.25, 0.3) is 0 Å². The molecular formula is C46H31N3. The summed E-state index contributed by atoms with van der Waals surface area (Å²) in [7, 11) is 0. The van der Waals surface area contributed by atoms with Crippen molar-refractivity contribution in [1.29, 1.82) is 0 Å². The molecule has 0 aliphatic heterocycles. The maximum Gasteiger partial charge on any atom is 0.0542 e. The number of para-hydroxylation sites is 4. The number of benzene rings is 8. The molecule has 10 rings (SSSR count). The number of anilines is 3. The predicted molar refractivity (Wildman–Crippen MR) is 207 cm³/mol. The lowest BCUT2D eigenvalue weighted by Gasteiger charge is -2.27. The molecule has 0 aliphatic rings. The maximum atomic E-state index is 2.40. The van der Waals surface area contributed by atoms with E-state index < -0.39 is 0 Å². The lowest BCUT2D eigenvalue weighted by molar-refractivity contribution is 1.14. The van der Waals surface area contributed by atoms with E-state index in [4.69, 9.17) is 0 Å². The summed E-state index contributed by atoms with van der Waals surface area (Å²) >= 11 is 0. The van der Waals surface area contributed by atoms with Crippen molar-refractivity contribution in [3.05, 3.63) is 188 Å². The Balaban J connectivity index is 1.15. The Morgan fingerprint density at radius 2 is 0.776 bits per heavy atom. The van der Waals surface area contributed by atoms with Crippen LogP contribution in [-0.2, 0) is 0 Å². The van der Waals surface area contributed by atoms with Gasteiger partial charge < -0.3 is 14.0 Å². The average molecular weight is 626 g/mol. The lowest BCUT2D eigenvalue weighted by atomic mass is 10.1. The van der Waals surface area contributed by atoms with Crippen LogP contribution in [-0.4, -0.2) is 9.13 Å². The van der Waals surface area contributed by atoms with Crippen LogP contribution in [0.1, 0.15) is 0 Å². The van der Waals surface area contributed by atoms with Gasteiger partial charge in [-0.2, -0.15) is 0 Å². The van der Waals surface area contributed by atoms with Crippen molar-refractivity contribution in [1.82, 2.24) is 9.13 Å². The van der Waals surface area contributed by atoms with E-state index in [1.807, 2.05) is 0 Å². The van der Waals surface area contributed by atoms with Crippen molar-refractivity contribution in [2.45, 2.75) is 0 Å². The second-order valence-corrected chi connectivity index (χ2v) is 12.6. The van der Waals surface area contributed by atoms with E-state index in [0.29, 0.717) is 0 Å². The standard InChI is InChI=1S/C46H31N3/c1-2-15-33(16-3-1)47(42-24-12-14-32-13-4-5-17-37(32)42)36-29-30-46-41(31-36)40-20-8-11-23-45(40)49(46)35-27-25-34(26-28-35)48-43-21-9-6-18-38(43)39-19-7-10-22-44(39)48/h1-31H. The first-order chi connectivity index (χ1) is 24.3. The monoisotopic (exact) mass is 625 g/mol. The minimum Gasteiger partial charge on any atom is -0.310 e. The third-order valence-electron chi connectivity index (χ3n) is 9.88. The molecule has 3 heteroatoms. The molecule has 0 unspecified atom stereocenters. The highest BCUT2D eigenvalue weighted by atomic mass is 15.1. The Morgan fingerprint density at radius 1 is 0.306 bits per heavy atom. The van der Waals surface area contributed by atoms with E-state index in [0.717, 1.165) is 28.4 Å². The van der Waals surface area contributed by atoms with Crippen LogP contribution in [0.2, 0.25) is 0 Å². The first-order valence-electron chi connectivity index (χ1n) is 16.8. The normalized spacial score (nSPS) is 11.7. The molecule has 2 aromatic heterocycles. The Labute approximate surface area is 284 Å². The second kappa shape index (κ2) is 11.0. The SMILES string of the molecule is c1ccc(N(c2ccc3c(c2)c2ccccc2n3-c2ccc(-n3c4ccccc4c4ccccc43)cc2)c2cccc3ccccc23)cc1. The molecule has 0 fully saturated rings. The molecule has 0 saturated carbocycles. The van der Waals surface area contributed by atoms with Gasteiger partial charge in [0.2, 0.25) is 0 Å². The topological polar surface area (TPSA) is 13.1 Å². The average Bonchev–Trinajstić information content (AvgIpc) is 3.68. The molecule has 0 aliphatic carbocycles. The van der Waals surface area contributed by atoms with Gasteiger partial charge in [0, 0.05) is 49.7 Å². The third kappa shape index (κ3) is 4.29. The fourth-order valence-electron chi connectivity index (χ4n) is 7.74. The van der Waals surface area contributed by atoms with Crippen LogP contribution in [0.25, 0.3) is 65.8 Å². The van der Waals surface area contributed by atoms with Gasteiger partial charge >= 0.3 is 0 Å². The molecule has 0 amide bonds. The predicted octanol–water partition coefficient (Wildman–Crippen LogP) is 12.5. The summed E-state index contributed by atoms with van der Waals surface area (Å²) in [6.45, 7) is 0. The molecule has 0 atom stereocenters. The van der Waals surface area contributed by atoms with Crippen LogP contribution in [0.3, 0.4) is 0 Å². The summed E-state index contributed by atoms with van der Waals surface area (Å²) in [5.41, 5.74) is 10.5. The molecule has 3 nitrogen and oxygen atoms in total. The van der Waals surface area contributed by atoms with E-state index in [1.54, 1.807) is 0 Å². The molecule has 2 heterocycles. The second-order valence-electron chi connectivity index (χ2n) is 12.6. The van der Waals surface area contributed by atoms with Crippen LogP contribution in [0.15, 0.2) is 188 Å². The number of rotatable bonds is 5. The summed E-state index contributed by atoms with van der Waals surface area (Å²) in [5.74, 6) is 0. The van der Waals surface area contributed by atoms with Crippen molar-refractivity contribution in [3.8, 4) is 11.4 Å². The van der Waals surface area contributed by atoms with Crippen LogP contribution in [0.5, 0.6) is 0 Å². The smallest absolute Gasteiger partial charge is 0.0542 e. The van der Waals surface area contributed by atoms with Crippen molar-refractivity contribution >= 4 is 71.4 Å².